The van der Waals surface area contributed by atoms with E-state index in [9.17, 15) is 4.79 Å². The zero-order valence-electron chi connectivity index (χ0n) is 10.6. The summed E-state index contributed by atoms with van der Waals surface area (Å²) < 4.78 is 0. The second kappa shape index (κ2) is 5.67. The Hall–Kier alpha value is -2.14. The first-order valence-electron chi connectivity index (χ1n) is 5.66. The minimum atomic E-state index is -0.234. The van der Waals surface area contributed by atoms with Gasteiger partial charge in [0.2, 0.25) is 0 Å². The summed E-state index contributed by atoms with van der Waals surface area (Å²) in [5.41, 5.74) is 0.383. The van der Waals surface area contributed by atoms with E-state index in [0.29, 0.717) is 22.2 Å². The lowest BCUT2D eigenvalue weighted by atomic mass is 10.2. The normalized spacial score (nSPS) is 10.1. The van der Waals surface area contributed by atoms with Gasteiger partial charge in [0.15, 0.2) is 0 Å². The Kier molecular flexibility index (Phi) is 3.97. The van der Waals surface area contributed by atoms with Crippen molar-refractivity contribution in [1.29, 1.82) is 0 Å². The number of aromatic nitrogens is 2. The van der Waals surface area contributed by atoms with Gasteiger partial charge in [0.1, 0.15) is 11.6 Å². The number of hydrogen-bond acceptors (Lipinski definition) is 4. The van der Waals surface area contributed by atoms with Crippen LogP contribution >= 0.6 is 11.6 Å². The van der Waals surface area contributed by atoms with Gasteiger partial charge in [0.25, 0.3) is 5.91 Å². The molecule has 0 unspecified atom stereocenters. The molecule has 0 spiro atoms. The van der Waals surface area contributed by atoms with Gasteiger partial charge in [0, 0.05) is 26.5 Å². The number of nitrogens with zero attached hydrogens (tertiary/aromatic N) is 3. The molecule has 2 aromatic heterocycles. The lowest BCUT2D eigenvalue weighted by Gasteiger charge is -2.17. The highest BCUT2D eigenvalue weighted by Gasteiger charge is 2.18. The van der Waals surface area contributed by atoms with Crippen LogP contribution in [0.25, 0.3) is 0 Å². The molecule has 6 heteroatoms. The molecule has 98 valence electrons. The van der Waals surface area contributed by atoms with Gasteiger partial charge in [-0.05, 0) is 18.2 Å². The molecule has 1 N–H and O–H groups in total. The Balaban J connectivity index is 2.34. The molecule has 0 aliphatic carbocycles. The first kappa shape index (κ1) is 13.3. The Morgan fingerprint density at radius 3 is 2.79 bits per heavy atom. The standard InChI is InChI=1S/C13H13ClN4O/c1-15-11-7-9(10(14)8-17-11)13(19)18(2)12-5-3-4-6-16-12/h3-8H,1-2H3,(H,15,17). The first-order valence-corrected chi connectivity index (χ1v) is 6.03. The third kappa shape index (κ3) is 2.82. The minimum Gasteiger partial charge on any atom is -0.373 e. The Labute approximate surface area is 116 Å². The largest absolute Gasteiger partial charge is 0.373 e. The molecule has 1 amide bonds. The molecular formula is C13H13ClN4O. The minimum absolute atomic E-state index is 0.234. The fraction of sp³-hybridized carbons (Fsp3) is 0.154. The molecule has 0 aromatic carbocycles. The molecule has 0 saturated heterocycles. The average Bonchev–Trinajstić information content (AvgIpc) is 2.47. The van der Waals surface area contributed by atoms with Crippen LogP contribution < -0.4 is 10.2 Å². The molecule has 0 aliphatic heterocycles. The van der Waals surface area contributed by atoms with Gasteiger partial charge in [-0.1, -0.05) is 17.7 Å². The molecule has 19 heavy (non-hydrogen) atoms. The molecule has 5 nitrogen and oxygen atoms in total. The quantitative estimate of drug-likeness (QED) is 0.935. The van der Waals surface area contributed by atoms with Crippen LogP contribution in [0, 0.1) is 0 Å². The van der Waals surface area contributed by atoms with Crippen LogP contribution in [0.1, 0.15) is 10.4 Å². The van der Waals surface area contributed by atoms with Crippen LogP contribution in [0.15, 0.2) is 36.7 Å². The summed E-state index contributed by atoms with van der Waals surface area (Å²) in [6.07, 6.45) is 3.08. The van der Waals surface area contributed by atoms with E-state index in [0.717, 1.165) is 0 Å². The molecule has 2 aromatic rings. The molecule has 0 atom stereocenters. The number of nitrogens with one attached hydrogen (secondary N) is 1. The summed E-state index contributed by atoms with van der Waals surface area (Å²) in [5, 5.41) is 3.18. The predicted octanol–water partition coefficient (Wildman–Crippen LogP) is 2.45. The summed E-state index contributed by atoms with van der Waals surface area (Å²) in [7, 11) is 3.38. The van der Waals surface area contributed by atoms with E-state index in [-0.39, 0.29) is 5.91 Å². The van der Waals surface area contributed by atoms with Gasteiger partial charge in [-0.15, -0.1) is 0 Å². The highest BCUT2D eigenvalue weighted by Crippen LogP contribution is 2.21. The predicted molar refractivity (Wildman–Crippen MR) is 75.8 cm³/mol. The maximum absolute atomic E-state index is 12.4. The molecule has 2 rings (SSSR count). The summed E-state index contributed by atoms with van der Waals surface area (Å²) in [4.78, 5) is 22.0. The Bertz CT molecular complexity index is 588. The van der Waals surface area contributed by atoms with Crippen molar-refractivity contribution >= 4 is 29.1 Å². The van der Waals surface area contributed by atoms with Crippen molar-refractivity contribution < 1.29 is 4.79 Å². The molecule has 0 saturated carbocycles. The number of rotatable bonds is 3. The van der Waals surface area contributed by atoms with Gasteiger partial charge in [0.05, 0.1) is 10.6 Å². The maximum atomic E-state index is 12.4. The highest BCUT2D eigenvalue weighted by atomic mass is 35.5. The van der Waals surface area contributed by atoms with E-state index >= 15 is 0 Å². The second-order valence-corrected chi connectivity index (χ2v) is 4.26. The van der Waals surface area contributed by atoms with Crippen LogP contribution in [0.2, 0.25) is 5.02 Å². The number of halogens is 1. The van der Waals surface area contributed by atoms with Crippen molar-refractivity contribution in [2.45, 2.75) is 0 Å². The fourth-order valence-corrected chi connectivity index (χ4v) is 1.76. The third-order valence-electron chi connectivity index (χ3n) is 2.64. The molecular weight excluding hydrogens is 264 g/mol. The topological polar surface area (TPSA) is 58.1 Å². The number of pyridine rings is 2. The fourth-order valence-electron chi connectivity index (χ4n) is 1.58. The number of hydrogen-bond donors (Lipinski definition) is 1. The Morgan fingerprint density at radius 2 is 2.16 bits per heavy atom. The molecule has 0 aliphatic rings. The number of carbonyl (C=O) groups excluding carboxylic acids is 1. The number of anilines is 2. The molecule has 0 bridgehead atoms. The summed E-state index contributed by atoms with van der Waals surface area (Å²) in [6.45, 7) is 0. The van der Waals surface area contributed by atoms with Crippen LogP contribution in [0.4, 0.5) is 11.6 Å². The van der Waals surface area contributed by atoms with Gasteiger partial charge in [-0.2, -0.15) is 0 Å². The monoisotopic (exact) mass is 276 g/mol. The second-order valence-electron chi connectivity index (χ2n) is 3.85. The van der Waals surface area contributed by atoms with Crippen LogP contribution in [0.3, 0.4) is 0 Å². The van der Waals surface area contributed by atoms with E-state index in [1.54, 1.807) is 38.5 Å². The van der Waals surface area contributed by atoms with Gasteiger partial charge in [-0.25, -0.2) is 9.97 Å². The first-order chi connectivity index (χ1) is 9.13. The van der Waals surface area contributed by atoms with Crippen molar-refractivity contribution in [3.8, 4) is 0 Å². The van der Waals surface area contributed by atoms with E-state index in [2.05, 4.69) is 15.3 Å². The van der Waals surface area contributed by atoms with Gasteiger partial charge < -0.3 is 5.32 Å². The van der Waals surface area contributed by atoms with E-state index in [1.165, 1.54) is 11.1 Å². The summed E-state index contributed by atoms with van der Waals surface area (Å²) >= 11 is 6.02. The van der Waals surface area contributed by atoms with Crippen molar-refractivity contribution in [2.24, 2.45) is 0 Å². The zero-order chi connectivity index (χ0) is 13.8. The van der Waals surface area contributed by atoms with Gasteiger partial charge >= 0.3 is 0 Å². The lowest BCUT2D eigenvalue weighted by Crippen LogP contribution is -2.27. The highest BCUT2D eigenvalue weighted by molar-refractivity contribution is 6.34. The van der Waals surface area contributed by atoms with Crippen molar-refractivity contribution in [1.82, 2.24) is 9.97 Å². The van der Waals surface area contributed by atoms with E-state index in [4.69, 9.17) is 11.6 Å². The molecule has 0 fully saturated rings. The number of carbonyl (C=O) groups is 1. The lowest BCUT2D eigenvalue weighted by molar-refractivity contribution is 0.0992. The molecule has 2 heterocycles. The van der Waals surface area contributed by atoms with Crippen LogP contribution in [-0.2, 0) is 0 Å². The Morgan fingerprint density at radius 1 is 1.37 bits per heavy atom. The van der Waals surface area contributed by atoms with Crippen molar-refractivity contribution in [3.05, 3.63) is 47.2 Å². The zero-order valence-corrected chi connectivity index (χ0v) is 11.3. The van der Waals surface area contributed by atoms with Crippen molar-refractivity contribution in [2.75, 3.05) is 24.3 Å². The molecule has 0 radical (unpaired) electrons. The van der Waals surface area contributed by atoms with Gasteiger partial charge in [-0.3, -0.25) is 9.69 Å². The SMILES string of the molecule is CNc1cc(C(=O)N(C)c2ccccn2)c(Cl)cn1. The third-order valence-corrected chi connectivity index (χ3v) is 2.94. The average molecular weight is 277 g/mol. The smallest absolute Gasteiger partial charge is 0.260 e. The number of amides is 1. The van der Waals surface area contributed by atoms with Crippen LogP contribution in [0.5, 0.6) is 0 Å². The van der Waals surface area contributed by atoms with Crippen molar-refractivity contribution in [3.63, 3.8) is 0 Å². The summed E-state index contributed by atoms with van der Waals surface area (Å²) in [6, 6.07) is 6.98. The summed E-state index contributed by atoms with van der Waals surface area (Å²) in [5.74, 6) is 0.913. The van der Waals surface area contributed by atoms with E-state index < -0.39 is 0 Å². The van der Waals surface area contributed by atoms with Crippen LogP contribution in [-0.4, -0.2) is 30.0 Å². The van der Waals surface area contributed by atoms with E-state index in [1.807, 2.05) is 6.07 Å². The maximum Gasteiger partial charge on any atom is 0.260 e.